The number of ketones is 1. The number of aromatic nitrogens is 2. The summed E-state index contributed by atoms with van der Waals surface area (Å²) in [7, 11) is -0.826. The fraction of sp³-hybridized carbons (Fsp3) is 0.659. The standard InChI is InChI=1S/C44H62N4O10Si/c1-11-55-40(53)44-22-28(44)18-16-14-12-13-15-17-27(21-34(50)57-41(2,3)4)39(52)48-26-43(23-31(48)38(51)47-44)24-32(49)35-36-29(19-20-33(46-36)54-8)45-30(37(35)58-43)25-56-59(9,10)42(5,6)7/h16,18-20,27-28,31H,11-15,17,21-26H2,1-10H3,(H,47,51)/b18-16-/t27-,28-,31+,43+,44-/m1/s1. The first-order valence-corrected chi connectivity index (χ1v) is 24.0. The predicted octanol–water partition coefficient (Wildman–Crippen LogP) is 6.77. The van der Waals surface area contributed by atoms with Crippen LogP contribution < -0.4 is 14.8 Å². The lowest BCUT2D eigenvalue weighted by Gasteiger charge is -2.38. The zero-order valence-electron chi connectivity index (χ0n) is 36.5. The third-order valence-electron chi connectivity index (χ3n) is 12.5. The van der Waals surface area contributed by atoms with Gasteiger partial charge in [0.2, 0.25) is 17.7 Å². The van der Waals surface area contributed by atoms with Gasteiger partial charge in [-0.1, -0.05) is 45.8 Å². The Labute approximate surface area is 348 Å². The van der Waals surface area contributed by atoms with Crippen LogP contribution in [0.1, 0.15) is 122 Å². The van der Waals surface area contributed by atoms with Crippen LogP contribution in [-0.2, 0) is 39.7 Å². The largest absolute Gasteiger partial charge is 0.482 e. The number of carbonyl (C=O) groups excluding carboxylic acids is 5. The summed E-state index contributed by atoms with van der Waals surface area (Å²) in [5.41, 5.74) is -1.97. The highest BCUT2D eigenvalue weighted by molar-refractivity contribution is 6.74. The van der Waals surface area contributed by atoms with Gasteiger partial charge in [-0.15, -0.1) is 0 Å². The molecular weight excluding hydrogens is 773 g/mol. The zero-order chi connectivity index (χ0) is 43.1. The van der Waals surface area contributed by atoms with Crippen molar-refractivity contribution in [2.24, 2.45) is 11.8 Å². The van der Waals surface area contributed by atoms with E-state index in [1.807, 2.05) is 12.2 Å². The van der Waals surface area contributed by atoms with Crippen LogP contribution in [0.4, 0.5) is 0 Å². The van der Waals surface area contributed by atoms with Crippen LogP contribution in [0.2, 0.25) is 18.1 Å². The number of hydrogen-bond donors (Lipinski definition) is 1. The molecule has 322 valence electrons. The molecule has 0 aromatic carbocycles. The quantitative estimate of drug-likeness (QED) is 0.168. The van der Waals surface area contributed by atoms with Gasteiger partial charge in [0.05, 0.1) is 50.8 Å². The van der Waals surface area contributed by atoms with Gasteiger partial charge in [-0.3, -0.25) is 19.2 Å². The second-order valence-electron chi connectivity index (χ2n) is 19.1. The topological polar surface area (TPSA) is 173 Å². The van der Waals surface area contributed by atoms with Gasteiger partial charge in [-0.05, 0) is 77.6 Å². The van der Waals surface area contributed by atoms with Gasteiger partial charge in [-0.2, -0.15) is 0 Å². The zero-order valence-corrected chi connectivity index (χ0v) is 37.5. The van der Waals surface area contributed by atoms with Crippen LogP contribution in [0.3, 0.4) is 0 Å². The number of amides is 2. The van der Waals surface area contributed by atoms with Crippen molar-refractivity contribution in [2.75, 3.05) is 20.3 Å². The lowest BCUT2D eigenvalue weighted by atomic mass is 9.87. The third kappa shape index (κ3) is 9.35. The van der Waals surface area contributed by atoms with Crippen molar-refractivity contribution in [2.45, 2.75) is 154 Å². The second kappa shape index (κ2) is 16.6. The van der Waals surface area contributed by atoms with Crippen molar-refractivity contribution < 1.29 is 47.3 Å². The molecule has 2 amide bonds. The van der Waals surface area contributed by atoms with Crippen LogP contribution in [-0.4, -0.2) is 95.8 Å². The molecule has 2 aromatic rings. The van der Waals surface area contributed by atoms with Crippen LogP contribution in [0.5, 0.6) is 11.6 Å². The molecular formula is C44H62N4O10Si. The number of nitrogens with one attached hydrogen (secondary N) is 1. The molecule has 0 radical (unpaired) electrons. The molecule has 1 spiro atoms. The predicted molar refractivity (Wildman–Crippen MR) is 222 cm³/mol. The minimum Gasteiger partial charge on any atom is -0.482 e. The highest BCUT2D eigenvalue weighted by Gasteiger charge is 2.63. The fourth-order valence-electron chi connectivity index (χ4n) is 8.19. The summed E-state index contributed by atoms with van der Waals surface area (Å²) in [5, 5.41) is 2.89. The number of fused-ring (bicyclic) bond motifs is 5. The van der Waals surface area contributed by atoms with E-state index >= 15 is 0 Å². The van der Waals surface area contributed by atoms with Crippen molar-refractivity contribution >= 4 is 48.9 Å². The summed E-state index contributed by atoms with van der Waals surface area (Å²) in [5.74, 6) is -2.89. The molecule has 0 bridgehead atoms. The first kappa shape index (κ1) is 44.2. The number of pyridine rings is 2. The number of rotatable bonds is 8. The first-order valence-electron chi connectivity index (χ1n) is 21.0. The van der Waals surface area contributed by atoms with Gasteiger partial charge in [0.25, 0.3) is 0 Å². The van der Waals surface area contributed by atoms with Gasteiger partial charge < -0.3 is 33.6 Å². The van der Waals surface area contributed by atoms with Crippen LogP contribution in [0.15, 0.2) is 24.3 Å². The molecule has 1 saturated carbocycles. The molecule has 15 heteroatoms. The molecule has 2 aromatic heterocycles. The van der Waals surface area contributed by atoms with E-state index < -0.39 is 60.8 Å². The second-order valence-corrected chi connectivity index (χ2v) is 24.0. The van der Waals surface area contributed by atoms with Gasteiger partial charge >= 0.3 is 11.9 Å². The van der Waals surface area contributed by atoms with E-state index in [9.17, 15) is 24.0 Å². The monoisotopic (exact) mass is 834 g/mol. The highest BCUT2D eigenvalue weighted by Crippen LogP contribution is 2.49. The maximum absolute atomic E-state index is 14.9. The van der Waals surface area contributed by atoms with E-state index in [-0.39, 0.29) is 67.1 Å². The first-order chi connectivity index (χ1) is 27.6. The van der Waals surface area contributed by atoms with E-state index in [1.54, 1.807) is 39.8 Å². The van der Waals surface area contributed by atoms with Crippen molar-refractivity contribution in [1.29, 1.82) is 0 Å². The molecule has 5 heterocycles. The average Bonchev–Trinajstić information content (AvgIpc) is 3.72. The Morgan fingerprint density at radius 1 is 1.03 bits per heavy atom. The number of allylic oxidation sites excluding steroid dienone is 1. The summed E-state index contributed by atoms with van der Waals surface area (Å²) >= 11 is 0. The van der Waals surface area contributed by atoms with Gasteiger partial charge in [0.15, 0.2) is 19.9 Å². The Kier molecular flexibility index (Phi) is 12.4. The Balaban J connectivity index is 1.43. The summed E-state index contributed by atoms with van der Waals surface area (Å²) in [4.78, 5) is 82.1. The summed E-state index contributed by atoms with van der Waals surface area (Å²) < 4.78 is 30.2. The lowest BCUT2D eigenvalue weighted by Crippen LogP contribution is -2.54. The lowest BCUT2D eigenvalue weighted by molar-refractivity contribution is -0.159. The third-order valence-corrected chi connectivity index (χ3v) is 16.9. The van der Waals surface area contributed by atoms with E-state index in [0.29, 0.717) is 41.9 Å². The molecule has 3 aliphatic heterocycles. The summed E-state index contributed by atoms with van der Waals surface area (Å²) in [6.07, 6.45) is 7.47. The number of carbonyl (C=O) groups is 5. The minimum absolute atomic E-state index is 0.0551. The fourth-order valence-corrected chi connectivity index (χ4v) is 9.12. The number of nitrogens with zero attached hydrogens (tertiary/aromatic N) is 3. The maximum atomic E-state index is 14.9. The Bertz CT molecular complexity index is 2020. The van der Waals surface area contributed by atoms with Crippen LogP contribution in [0.25, 0.3) is 11.0 Å². The molecule has 1 saturated heterocycles. The smallest absolute Gasteiger partial charge is 0.332 e. The molecule has 14 nitrogen and oxygen atoms in total. The number of hydrogen-bond acceptors (Lipinski definition) is 12. The van der Waals surface area contributed by atoms with Crippen molar-refractivity contribution in [1.82, 2.24) is 20.2 Å². The van der Waals surface area contributed by atoms with E-state index in [2.05, 4.69) is 44.2 Å². The van der Waals surface area contributed by atoms with E-state index in [1.165, 1.54) is 12.0 Å². The van der Waals surface area contributed by atoms with Crippen LogP contribution in [0, 0.1) is 11.8 Å². The Hall–Kier alpha value is -4.37. The van der Waals surface area contributed by atoms with Crippen molar-refractivity contribution in [3.05, 3.63) is 35.5 Å². The normalized spacial score (nSPS) is 27.1. The maximum Gasteiger partial charge on any atom is 0.332 e. The van der Waals surface area contributed by atoms with Crippen LogP contribution >= 0.6 is 0 Å². The molecule has 1 aliphatic carbocycles. The van der Waals surface area contributed by atoms with E-state index in [4.69, 9.17) is 28.4 Å². The molecule has 59 heavy (non-hydrogen) atoms. The summed E-state index contributed by atoms with van der Waals surface area (Å²) in [6, 6.07) is 2.28. The van der Waals surface area contributed by atoms with Gasteiger partial charge in [-0.25, -0.2) is 14.8 Å². The number of ether oxygens (including phenoxy) is 4. The summed E-state index contributed by atoms with van der Waals surface area (Å²) in [6.45, 7) is 17.8. The van der Waals surface area contributed by atoms with Crippen molar-refractivity contribution in [3.8, 4) is 11.6 Å². The molecule has 4 aliphatic rings. The molecule has 6 rings (SSSR count). The Morgan fingerprint density at radius 3 is 2.46 bits per heavy atom. The minimum atomic E-state index is -2.32. The number of esters is 2. The van der Waals surface area contributed by atoms with Gasteiger partial charge in [0.1, 0.15) is 34.0 Å². The van der Waals surface area contributed by atoms with Gasteiger partial charge in [0, 0.05) is 24.3 Å². The number of methoxy groups -OCH3 is 1. The number of Topliss-reactive ketones (excluding diaryl/α,β-unsaturated/α-hetero) is 1. The van der Waals surface area contributed by atoms with Crippen molar-refractivity contribution in [3.63, 3.8) is 0 Å². The molecule has 2 fully saturated rings. The average molecular weight is 835 g/mol. The highest BCUT2D eigenvalue weighted by atomic mass is 28.4. The molecule has 1 N–H and O–H groups in total. The Morgan fingerprint density at radius 2 is 1.78 bits per heavy atom. The molecule has 5 atom stereocenters. The SMILES string of the molecule is CCOC(=O)[C@@]12C[C@H]1/C=C\CCCCC[C@H](CC(=O)OC(C)(C)C)C(=O)N1C[C@@]3(CC(=O)c4c(c(CO[Si](C)(C)C(C)(C)C)nc5ccc(OC)nc45)O3)C[C@H]1C(=O)N2. The van der Waals surface area contributed by atoms with E-state index in [0.717, 1.165) is 19.3 Å². The molecule has 0 unspecified atom stereocenters.